The lowest BCUT2D eigenvalue weighted by Gasteiger charge is -2.14. The lowest BCUT2D eigenvalue weighted by molar-refractivity contribution is 0.101. The molecular formula is C18H21NO. The fourth-order valence-corrected chi connectivity index (χ4v) is 2.03. The summed E-state index contributed by atoms with van der Waals surface area (Å²) < 4.78 is 0. The molecule has 0 atom stereocenters. The fourth-order valence-electron chi connectivity index (χ4n) is 2.03. The molecule has 0 heterocycles. The fraction of sp³-hybridized carbons (Fsp3) is 0.167. The first-order valence-corrected chi connectivity index (χ1v) is 6.45. The molecule has 2 heteroatoms. The van der Waals surface area contributed by atoms with Gasteiger partial charge in [-0.1, -0.05) is 49.1 Å². The van der Waals surface area contributed by atoms with Crippen LogP contribution in [0.5, 0.6) is 0 Å². The van der Waals surface area contributed by atoms with Crippen molar-refractivity contribution in [1.82, 2.24) is 0 Å². The van der Waals surface area contributed by atoms with Crippen LogP contribution >= 0.6 is 0 Å². The molecule has 104 valence electrons. The molecule has 0 aliphatic rings. The molecule has 1 rings (SSSR count). The number of Topliss-reactive ketones (excluding diaryl/α,β-unsaturated/α-hetero) is 1. The Balaban J connectivity index is 3.21. The molecule has 20 heavy (non-hydrogen) atoms. The Morgan fingerprint density at radius 1 is 1.10 bits per heavy atom. The molecule has 0 unspecified atom stereocenters. The third-order valence-corrected chi connectivity index (χ3v) is 3.03. The van der Waals surface area contributed by atoms with Gasteiger partial charge >= 0.3 is 0 Å². The Kier molecular flexibility index (Phi) is 5.27. The number of carbonyl (C=O) groups is 1. The van der Waals surface area contributed by atoms with Crippen molar-refractivity contribution >= 4 is 11.4 Å². The summed E-state index contributed by atoms with van der Waals surface area (Å²) in [7, 11) is 0. The van der Waals surface area contributed by atoms with E-state index >= 15 is 0 Å². The van der Waals surface area contributed by atoms with Crippen molar-refractivity contribution in [3.63, 3.8) is 0 Å². The zero-order chi connectivity index (χ0) is 15.3. The number of rotatable bonds is 5. The molecule has 0 aromatic heterocycles. The van der Waals surface area contributed by atoms with E-state index in [1.54, 1.807) is 31.2 Å². The monoisotopic (exact) mass is 267 g/mol. The van der Waals surface area contributed by atoms with Crippen molar-refractivity contribution in [2.24, 2.45) is 5.73 Å². The van der Waals surface area contributed by atoms with Crippen LogP contribution in [0.15, 0.2) is 66.4 Å². The highest BCUT2D eigenvalue weighted by molar-refractivity contribution is 5.94. The lowest BCUT2D eigenvalue weighted by atomic mass is 9.93. The average Bonchev–Trinajstić information content (AvgIpc) is 2.38. The average molecular weight is 267 g/mol. The summed E-state index contributed by atoms with van der Waals surface area (Å²) in [5.41, 5.74) is 11.2. The normalized spacial score (nSPS) is 10.8. The lowest BCUT2D eigenvalue weighted by Crippen LogP contribution is -2.05. The van der Waals surface area contributed by atoms with Gasteiger partial charge in [0.2, 0.25) is 0 Å². The molecule has 2 nitrogen and oxygen atoms in total. The molecule has 0 radical (unpaired) electrons. The molecule has 0 saturated heterocycles. The minimum Gasteiger partial charge on any atom is -0.398 e. The predicted molar refractivity (Wildman–Crippen MR) is 86.3 cm³/mol. The molecule has 0 aliphatic heterocycles. The van der Waals surface area contributed by atoms with Gasteiger partial charge in [-0.3, -0.25) is 4.79 Å². The summed E-state index contributed by atoms with van der Waals surface area (Å²) in [6, 6.07) is 7.39. The van der Waals surface area contributed by atoms with Crippen LogP contribution < -0.4 is 5.73 Å². The molecule has 0 amide bonds. The number of ketones is 1. The first-order chi connectivity index (χ1) is 9.38. The predicted octanol–water partition coefficient (Wildman–Crippen LogP) is 4.27. The van der Waals surface area contributed by atoms with Crippen LogP contribution in [-0.2, 0) is 0 Å². The van der Waals surface area contributed by atoms with Crippen molar-refractivity contribution in [2.75, 3.05) is 0 Å². The number of nitrogens with two attached hydrogens (primary N) is 1. The Morgan fingerprint density at radius 2 is 1.60 bits per heavy atom. The zero-order valence-electron chi connectivity index (χ0n) is 12.4. The van der Waals surface area contributed by atoms with Crippen LogP contribution in [0.2, 0.25) is 0 Å². The number of benzene rings is 1. The van der Waals surface area contributed by atoms with Crippen molar-refractivity contribution in [3.8, 4) is 0 Å². The summed E-state index contributed by atoms with van der Waals surface area (Å²) in [5.74, 6) is 0.0515. The molecule has 0 bridgehead atoms. The first-order valence-electron chi connectivity index (χ1n) is 6.45. The van der Waals surface area contributed by atoms with Gasteiger partial charge in [-0.05, 0) is 38.0 Å². The Hall–Kier alpha value is -2.35. The molecular weight excluding hydrogens is 246 g/mol. The van der Waals surface area contributed by atoms with Gasteiger partial charge in [0.05, 0.1) is 0 Å². The highest BCUT2D eigenvalue weighted by atomic mass is 16.1. The van der Waals surface area contributed by atoms with E-state index in [-0.39, 0.29) is 5.78 Å². The summed E-state index contributed by atoms with van der Waals surface area (Å²) in [6.07, 6.45) is 3.42. The molecule has 1 aromatic rings. The minimum atomic E-state index is 0.0515. The SMILES string of the molecule is C=C/C=C(/N)C(C(=C)c1ccc(C(C)=O)cc1)=C(C)C. The smallest absolute Gasteiger partial charge is 0.159 e. The van der Waals surface area contributed by atoms with E-state index in [0.717, 1.165) is 22.3 Å². The molecule has 2 N–H and O–H groups in total. The number of hydrogen-bond acceptors (Lipinski definition) is 2. The summed E-state index contributed by atoms with van der Waals surface area (Å²) in [4.78, 5) is 11.3. The summed E-state index contributed by atoms with van der Waals surface area (Å²) in [5, 5.41) is 0. The minimum absolute atomic E-state index is 0.0515. The van der Waals surface area contributed by atoms with E-state index < -0.39 is 0 Å². The maximum Gasteiger partial charge on any atom is 0.159 e. The highest BCUT2D eigenvalue weighted by Gasteiger charge is 2.10. The zero-order valence-corrected chi connectivity index (χ0v) is 12.4. The van der Waals surface area contributed by atoms with Crippen LogP contribution in [-0.4, -0.2) is 5.78 Å². The van der Waals surface area contributed by atoms with E-state index in [9.17, 15) is 4.79 Å². The van der Waals surface area contributed by atoms with Gasteiger partial charge in [0.15, 0.2) is 5.78 Å². The largest absolute Gasteiger partial charge is 0.398 e. The molecule has 0 fully saturated rings. The van der Waals surface area contributed by atoms with Crippen molar-refractivity contribution in [1.29, 1.82) is 0 Å². The van der Waals surface area contributed by atoms with Gasteiger partial charge in [0.25, 0.3) is 0 Å². The van der Waals surface area contributed by atoms with E-state index in [1.807, 2.05) is 26.0 Å². The molecule has 0 saturated carbocycles. The van der Waals surface area contributed by atoms with Crippen molar-refractivity contribution in [3.05, 3.63) is 77.5 Å². The second-order valence-corrected chi connectivity index (χ2v) is 4.84. The van der Waals surface area contributed by atoms with Crippen LogP contribution in [0.4, 0.5) is 0 Å². The van der Waals surface area contributed by atoms with Crippen LogP contribution in [0, 0.1) is 0 Å². The topological polar surface area (TPSA) is 43.1 Å². The van der Waals surface area contributed by atoms with Crippen LogP contribution in [0.25, 0.3) is 5.57 Å². The van der Waals surface area contributed by atoms with E-state index in [1.165, 1.54) is 0 Å². The molecule has 1 aromatic carbocycles. The second-order valence-electron chi connectivity index (χ2n) is 4.84. The number of allylic oxidation sites excluding steroid dienone is 4. The summed E-state index contributed by atoms with van der Waals surface area (Å²) >= 11 is 0. The van der Waals surface area contributed by atoms with Crippen LogP contribution in [0.3, 0.4) is 0 Å². The Morgan fingerprint density at radius 3 is 2.00 bits per heavy atom. The van der Waals surface area contributed by atoms with Gasteiger partial charge in [0, 0.05) is 16.8 Å². The quantitative estimate of drug-likeness (QED) is 0.639. The van der Waals surface area contributed by atoms with Gasteiger partial charge < -0.3 is 5.73 Å². The number of hydrogen-bond donors (Lipinski definition) is 1. The third kappa shape index (κ3) is 3.58. The van der Waals surface area contributed by atoms with Crippen molar-refractivity contribution in [2.45, 2.75) is 20.8 Å². The summed E-state index contributed by atoms with van der Waals surface area (Å²) in [6.45, 7) is 13.3. The standard InChI is InChI=1S/C18H21NO/c1-6-7-17(19)18(12(2)3)13(4)15-8-10-16(11-9-15)14(5)20/h6-11H,1,4,19H2,2-3,5H3/b17-7+. The van der Waals surface area contributed by atoms with Gasteiger partial charge in [-0.2, -0.15) is 0 Å². The van der Waals surface area contributed by atoms with Crippen molar-refractivity contribution < 1.29 is 4.79 Å². The maximum atomic E-state index is 11.3. The van der Waals surface area contributed by atoms with Crippen LogP contribution in [0.1, 0.15) is 36.7 Å². The van der Waals surface area contributed by atoms with E-state index in [4.69, 9.17) is 5.73 Å². The Bertz CT molecular complexity index is 597. The maximum absolute atomic E-state index is 11.3. The molecule has 0 aliphatic carbocycles. The van der Waals surface area contributed by atoms with Gasteiger partial charge in [-0.15, -0.1) is 0 Å². The molecule has 0 spiro atoms. The Labute approximate surface area is 121 Å². The first kappa shape index (κ1) is 15.7. The van der Waals surface area contributed by atoms with Gasteiger partial charge in [0.1, 0.15) is 0 Å². The van der Waals surface area contributed by atoms with Gasteiger partial charge in [-0.25, -0.2) is 0 Å². The van der Waals surface area contributed by atoms with E-state index in [2.05, 4.69) is 13.2 Å². The second kappa shape index (κ2) is 6.71. The third-order valence-electron chi connectivity index (χ3n) is 3.03. The number of carbonyl (C=O) groups excluding carboxylic acids is 1. The van der Waals surface area contributed by atoms with E-state index in [0.29, 0.717) is 11.3 Å². The highest BCUT2D eigenvalue weighted by Crippen LogP contribution is 2.28.